The van der Waals surface area contributed by atoms with Crippen LogP contribution < -0.4 is 10.4 Å². The van der Waals surface area contributed by atoms with E-state index in [1.54, 1.807) is 33.9 Å². The fourth-order valence-corrected chi connectivity index (χ4v) is 1.64. The van der Waals surface area contributed by atoms with Gasteiger partial charge in [0.15, 0.2) is 0 Å². The molecule has 0 aliphatic rings. The van der Waals surface area contributed by atoms with Gasteiger partial charge in [-0.25, -0.2) is 4.79 Å². The maximum atomic E-state index is 11.9. The van der Waals surface area contributed by atoms with Gasteiger partial charge in [-0.05, 0) is 32.9 Å². The Kier molecular flexibility index (Phi) is 4.84. The zero-order chi connectivity index (χ0) is 14.8. The van der Waals surface area contributed by atoms with Gasteiger partial charge in [0.2, 0.25) is 0 Å². The summed E-state index contributed by atoms with van der Waals surface area (Å²) in [6.07, 6.45) is -0.513. The molecule has 1 aromatic carbocycles. The summed E-state index contributed by atoms with van der Waals surface area (Å²) in [4.78, 5) is 13.1. The van der Waals surface area contributed by atoms with Crippen molar-refractivity contribution in [3.05, 3.63) is 23.2 Å². The van der Waals surface area contributed by atoms with Crippen molar-refractivity contribution >= 4 is 36.0 Å². The maximum absolute atomic E-state index is 11.9. The first-order chi connectivity index (χ1) is 8.61. The van der Waals surface area contributed by atoms with Gasteiger partial charge >= 0.3 is 13.2 Å². The lowest BCUT2D eigenvalue weighted by Gasteiger charge is -2.25. The van der Waals surface area contributed by atoms with E-state index in [0.29, 0.717) is 5.69 Å². The second kappa shape index (κ2) is 5.82. The summed E-state index contributed by atoms with van der Waals surface area (Å²) in [5.41, 5.74) is 0.0998. The SMILES string of the molecule is CN(C(=O)OC(C)(C)C)c1ccc(B(O)O)c(Cl)c1. The zero-order valence-corrected chi connectivity index (χ0v) is 12.1. The number of carbonyl (C=O) groups is 1. The lowest BCUT2D eigenvalue weighted by molar-refractivity contribution is 0.0589. The van der Waals surface area contributed by atoms with Crippen LogP contribution in [-0.2, 0) is 4.74 Å². The van der Waals surface area contributed by atoms with E-state index in [1.807, 2.05) is 0 Å². The lowest BCUT2D eigenvalue weighted by atomic mass is 9.80. The Labute approximate surface area is 117 Å². The molecular weight excluding hydrogens is 268 g/mol. The molecule has 0 aliphatic heterocycles. The molecule has 0 fully saturated rings. The monoisotopic (exact) mass is 285 g/mol. The first kappa shape index (κ1) is 15.8. The van der Waals surface area contributed by atoms with Gasteiger partial charge < -0.3 is 14.8 Å². The molecule has 0 heterocycles. The van der Waals surface area contributed by atoms with Crippen molar-refractivity contribution in [2.24, 2.45) is 0 Å². The van der Waals surface area contributed by atoms with Crippen molar-refractivity contribution in [1.82, 2.24) is 0 Å². The van der Waals surface area contributed by atoms with Crippen molar-refractivity contribution in [3.8, 4) is 0 Å². The van der Waals surface area contributed by atoms with Crippen molar-refractivity contribution in [2.45, 2.75) is 26.4 Å². The predicted octanol–water partition coefficient (Wildman–Crippen LogP) is 1.39. The van der Waals surface area contributed by atoms with Crippen LogP contribution in [0.25, 0.3) is 0 Å². The van der Waals surface area contributed by atoms with Crippen LogP contribution in [0, 0.1) is 0 Å². The Bertz CT molecular complexity index is 473. The highest BCUT2D eigenvalue weighted by molar-refractivity contribution is 6.62. The molecule has 1 aromatic rings. The highest BCUT2D eigenvalue weighted by Crippen LogP contribution is 2.19. The molecule has 2 N–H and O–H groups in total. The highest BCUT2D eigenvalue weighted by Gasteiger charge is 2.22. The average molecular weight is 286 g/mol. The number of anilines is 1. The number of halogens is 1. The molecule has 0 bridgehead atoms. The van der Waals surface area contributed by atoms with E-state index in [0.717, 1.165) is 0 Å². The summed E-state index contributed by atoms with van der Waals surface area (Å²) in [5, 5.41) is 18.3. The van der Waals surface area contributed by atoms with Gasteiger partial charge in [-0.3, -0.25) is 4.90 Å². The van der Waals surface area contributed by atoms with Gasteiger partial charge in [-0.15, -0.1) is 0 Å². The molecule has 0 aliphatic carbocycles. The second-order valence-corrected chi connectivity index (χ2v) is 5.53. The summed E-state index contributed by atoms with van der Waals surface area (Å²) in [6, 6.07) is 4.48. The van der Waals surface area contributed by atoms with Gasteiger partial charge in [0, 0.05) is 23.2 Å². The van der Waals surface area contributed by atoms with Gasteiger partial charge in [-0.1, -0.05) is 17.7 Å². The number of ether oxygens (including phenoxy) is 1. The molecule has 0 aromatic heterocycles. The highest BCUT2D eigenvalue weighted by atomic mass is 35.5. The fraction of sp³-hybridized carbons (Fsp3) is 0.417. The van der Waals surface area contributed by atoms with E-state index in [1.165, 1.54) is 17.0 Å². The molecule has 1 rings (SSSR count). The van der Waals surface area contributed by atoms with Crippen LogP contribution in [0.3, 0.4) is 0 Å². The Hall–Kier alpha value is -1.24. The molecule has 7 heteroatoms. The molecule has 0 saturated carbocycles. The van der Waals surface area contributed by atoms with E-state index in [9.17, 15) is 4.79 Å². The number of nitrogens with zero attached hydrogens (tertiary/aromatic N) is 1. The third-order valence-corrected chi connectivity index (χ3v) is 2.64. The quantitative estimate of drug-likeness (QED) is 0.806. The van der Waals surface area contributed by atoms with Crippen molar-refractivity contribution in [3.63, 3.8) is 0 Å². The zero-order valence-electron chi connectivity index (χ0n) is 11.3. The third kappa shape index (κ3) is 4.42. The molecule has 0 unspecified atom stereocenters. The molecule has 1 amide bonds. The first-order valence-electron chi connectivity index (χ1n) is 5.74. The number of rotatable bonds is 2. The number of carbonyl (C=O) groups excluding carboxylic acids is 1. The van der Waals surface area contributed by atoms with Crippen molar-refractivity contribution < 1.29 is 19.6 Å². The third-order valence-electron chi connectivity index (χ3n) is 2.32. The maximum Gasteiger partial charge on any atom is 0.489 e. The summed E-state index contributed by atoms with van der Waals surface area (Å²) >= 11 is 5.91. The Morgan fingerprint density at radius 3 is 2.37 bits per heavy atom. The molecule has 0 saturated heterocycles. The molecule has 0 radical (unpaired) electrons. The molecular formula is C12H17BClNO4. The average Bonchev–Trinajstić information content (AvgIpc) is 2.24. The van der Waals surface area contributed by atoms with Gasteiger partial charge in [-0.2, -0.15) is 0 Å². The van der Waals surface area contributed by atoms with Crippen LogP contribution in [0.15, 0.2) is 18.2 Å². The molecule has 0 spiro atoms. The molecule has 5 nitrogen and oxygen atoms in total. The van der Waals surface area contributed by atoms with Crippen LogP contribution in [-0.4, -0.2) is 35.9 Å². The minimum absolute atomic E-state index is 0.169. The van der Waals surface area contributed by atoms with Crippen LogP contribution in [0.5, 0.6) is 0 Å². The molecule has 0 atom stereocenters. The molecule has 104 valence electrons. The van der Waals surface area contributed by atoms with Gasteiger partial charge in [0.05, 0.1) is 0 Å². The first-order valence-corrected chi connectivity index (χ1v) is 6.12. The number of amides is 1. The minimum atomic E-state index is -1.65. The number of hydrogen-bond donors (Lipinski definition) is 2. The smallest absolute Gasteiger partial charge is 0.443 e. The van der Waals surface area contributed by atoms with E-state index < -0.39 is 18.8 Å². The van der Waals surface area contributed by atoms with Crippen LogP contribution in [0.1, 0.15) is 20.8 Å². The number of hydrogen-bond acceptors (Lipinski definition) is 4. The summed E-state index contributed by atoms with van der Waals surface area (Å²) in [5.74, 6) is 0. The Balaban J connectivity index is 2.92. The normalized spacial score (nSPS) is 11.1. The van der Waals surface area contributed by atoms with E-state index >= 15 is 0 Å². The van der Waals surface area contributed by atoms with Gasteiger partial charge in [0.1, 0.15) is 5.60 Å². The van der Waals surface area contributed by atoms with Crippen molar-refractivity contribution in [1.29, 1.82) is 0 Å². The molecule has 19 heavy (non-hydrogen) atoms. The summed E-state index contributed by atoms with van der Waals surface area (Å²) in [6.45, 7) is 5.32. The van der Waals surface area contributed by atoms with E-state index in [2.05, 4.69) is 0 Å². The van der Waals surface area contributed by atoms with Crippen LogP contribution in [0.4, 0.5) is 10.5 Å². The predicted molar refractivity (Wildman–Crippen MR) is 75.9 cm³/mol. The van der Waals surface area contributed by atoms with Crippen LogP contribution in [0.2, 0.25) is 5.02 Å². The number of benzene rings is 1. The largest absolute Gasteiger partial charge is 0.489 e. The Morgan fingerprint density at radius 2 is 1.95 bits per heavy atom. The standard InChI is InChI=1S/C12H17BClNO4/c1-12(2,3)19-11(16)15(4)8-5-6-9(13(17)18)10(14)7-8/h5-7,17-18H,1-4H3. The topological polar surface area (TPSA) is 70.0 Å². The van der Waals surface area contributed by atoms with Crippen LogP contribution >= 0.6 is 11.6 Å². The summed E-state index contributed by atoms with van der Waals surface area (Å²) in [7, 11) is -0.0946. The van der Waals surface area contributed by atoms with E-state index in [-0.39, 0.29) is 10.5 Å². The fourth-order valence-electron chi connectivity index (χ4n) is 1.37. The van der Waals surface area contributed by atoms with E-state index in [4.69, 9.17) is 26.4 Å². The van der Waals surface area contributed by atoms with Gasteiger partial charge in [0.25, 0.3) is 0 Å². The van der Waals surface area contributed by atoms with Crippen molar-refractivity contribution in [2.75, 3.05) is 11.9 Å². The lowest BCUT2D eigenvalue weighted by Crippen LogP contribution is -2.35. The Morgan fingerprint density at radius 1 is 1.37 bits per heavy atom. The minimum Gasteiger partial charge on any atom is -0.443 e. The second-order valence-electron chi connectivity index (χ2n) is 5.12. The summed E-state index contributed by atoms with van der Waals surface area (Å²) < 4.78 is 5.22.